The summed E-state index contributed by atoms with van der Waals surface area (Å²) < 4.78 is 8.74. The van der Waals surface area contributed by atoms with Crippen molar-refractivity contribution >= 4 is 33.2 Å². The number of fused-ring (bicyclic) bond motifs is 1. The lowest BCUT2D eigenvalue weighted by Gasteiger charge is -2.13. The van der Waals surface area contributed by atoms with Crippen LogP contribution in [-0.2, 0) is 6.42 Å². The third kappa shape index (κ3) is 3.67. The standard InChI is InChI=1S/C24H22BrClN2O/c1-14-11-20(29-4)10-7-18(14)13-21-24(17-5-8-19(26)9-6-17)27-22-12-15(2)23(25)16(3)28(21)22/h5-12H,13H2,1-4H3. The molecule has 0 N–H and O–H groups in total. The van der Waals surface area contributed by atoms with E-state index in [9.17, 15) is 0 Å². The van der Waals surface area contributed by atoms with Crippen molar-refractivity contribution < 1.29 is 4.74 Å². The lowest BCUT2D eigenvalue weighted by Crippen LogP contribution is -2.03. The highest BCUT2D eigenvalue weighted by Crippen LogP contribution is 2.32. The molecule has 2 aromatic heterocycles. The second-order valence-electron chi connectivity index (χ2n) is 7.30. The van der Waals surface area contributed by atoms with Crippen LogP contribution in [0, 0.1) is 20.8 Å². The molecule has 29 heavy (non-hydrogen) atoms. The van der Waals surface area contributed by atoms with E-state index in [0.29, 0.717) is 0 Å². The van der Waals surface area contributed by atoms with Gasteiger partial charge in [0, 0.05) is 27.2 Å². The summed E-state index contributed by atoms with van der Waals surface area (Å²) in [6.07, 6.45) is 0.769. The largest absolute Gasteiger partial charge is 0.497 e. The van der Waals surface area contributed by atoms with Gasteiger partial charge in [-0.25, -0.2) is 4.98 Å². The van der Waals surface area contributed by atoms with Gasteiger partial charge in [-0.05, 0) is 83.7 Å². The summed E-state index contributed by atoms with van der Waals surface area (Å²) >= 11 is 9.87. The summed E-state index contributed by atoms with van der Waals surface area (Å²) in [5.74, 6) is 0.872. The van der Waals surface area contributed by atoms with E-state index in [1.54, 1.807) is 7.11 Å². The Morgan fingerprint density at radius 3 is 2.38 bits per heavy atom. The van der Waals surface area contributed by atoms with E-state index >= 15 is 0 Å². The number of aromatic nitrogens is 2. The first-order valence-electron chi connectivity index (χ1n) is 9.45. The molecule has 2 aromatic carbocycles. The molecule has 0 aliphatic rings. The molecule has 0 fully saturated rings. The number of pyridine rings is 1. The van der Waals surface area contributed by atoms with Crippen molar-refractivity contribution in [1.82, 2.24) is 9.38 Å². The molecule has 0 aliphatic heterocycles. The summed E-state index contributed by atoms with van der Waals surface area (Å²) in [6, 6.07) is 16.2. The molecule has 0 bridgehead atoms. The van der Waals surface area contributed by atoms with Crippen LogP contribution in [0.15, 0.2) is 53.0 Å². The average Bonchev–Trinajstić information content (AvgIpc) is 3.06. The van der Waals surface area contributed by atoms with Crippen LogP contribution in [0.25, 0.3) is 16.9 Å². The summed E-state index contributed by atoms with van der Waals surface area (Å²) in [7, 11) is 1.70. The van der Waals surface area contributed by atoms with Crippen molar-refractivity contribution in [2.24, 2.45) is 0 Å². The SMILES string of the molecule is COc1ccc(Cc2c(-c3ccc(Cl)cc3)nc3cc(C)c(Br)c(C)n23)c(C)c1. The molecule has 0 amide bonds. The summed E-state index contributed by atoms with van der Waals surface area (Å²) in [5, 5.41) is 0.722. The van der Waals surface area contributed by atoms with Crippen molar-refractivity contribution in [3.05, 3.63) is 86.1 Å². The molecule has 3 nitrogen and oxygen atoms in total. The molecule has 4 aromatic rings. The second kappa shape index (κ2) is 7.85. The molecule has 0 atom stereocenters. The van der Waals surface area contributed by atoms with E-state index < -0.39 is 0 Å². The smallest absolute Gasteiger partial charge is 0.138 e. The zero-order chi connectivity index (χ0) is 20.7. The molecular formula is C24H22BrClN2O. The van der Waals surface area contributed by atoms with Crippen LogP contribution in [0.1, 0.15) is 28.1 Å². The van der Waals surface area contributed by atoms with Crippen LogP contribution in [0.5, 0.6) is 5.75 Å². The minimum Gasteiger partial charge on any atom is -0.497 e. The Labute approximate surface area is 184 Å². The molecule has 2 heterocycles. The summed E-state index contributed by atoms with van der Waals surface area (Å²) in [6.45, 7) is 6.35. The van der Waals surface area contributed by atoms with Crippen LogP contribution in [0.3, 0.4) is 0 Å². The zero-order valence-electron chi connectivity index (χ0n) is 16.9. The van der Waals surface area contributed by atoms with Gasteiger partial charge >= 0.3 is 0 Å². The fourth-order valence-electron chi connectivity index (χ4n) is 3.76. The lowest BCUT2D eigenvalue weighted by molar-refractivity contribution is 0.414. The lowest BCUT2D eigenvalue weighted by atomic mass is 10.0. The van der Waals surface area contributed by atoms with Crippen molar-refractivity contribution in [1.29, 1.82) is 0 Å². The fraction of sp³-hybridized carbons (Fsp3) is 0.208. The van der Waals surface area contributed by atoms with E-state index in [2.05, 4.69) is 59.3 Å². The topological polar surface area (TPSA) is 26.5 Å². The van der Waals surface area contributed by atoms with Gasteiger partial charge in [-0.2, -0.15) is 0 Å². The number of rotatable bonds is 4. The number of aryl methyl sites for hydroxylation is 3. The van der Waals surface area contributed by atoms with E-state index in [4.69, 9.17) is 21.3 Å². The Morgan fingerprint density at radius 2 is 1.72 bits per heavy atom. The summed E-state index contributed by atoms with van der Waals surface area (Å²) in [5.41, 5.74) is 8.93. The maximum absolute atomic E-state index is 6.12. The van der Waals surface area contributed by atoms with Gasteiger partial charge < -0.3 is 4.74 Å². The number of halogens is 2. The van der Waals surface area contributed by atoms with E-state index in [1.807, 2.05) is 30.3 Å². The Morgan fingerprint density at radius 1 is 1.00 bits per heavy atom. The number of nitrogens with zero attached hydrogens (tertiary/aromatic N) is 2. The minimum absolute atomic E-state index is 0.722. The number of ether oxygens (including phenoxy) is 1. The van der Waals surface area contributed by atoms with E-state index in [-0.39, 0.29) is 0 Å². The second-order valence-corrected chi connectivity index (χ2v) is 8.53. The van der Waals surface area contributed by atoms with Crippen LogP contribution >= 0.6 is 27.5 Å². The van der Waals surface area contributed by atoms with Gasteiger partial charge in [-0.1, -0.05) is 29.8 Å². The zero-order valence-corrected chi connectivity index (χ0v) is 19.2. The molecule has 0 saturated carbocycles. The number of imidazole rings is 1. The molecule has 0 radical (unpaired) electrons. The minimum atomic E-state index is 0.722. The van der Waals surface area contributed by atoms with Crippen molar-refractivity contribution in [3.63, 3.8) is 0 Å². The quantitative estimate of drug-likeness (QED) is 0.323. The first kappa shape index (κ1) is 20.0. The van der Waals surface area contributed by atoms with Crippen LogP contribution in [0.2, 0.25) is 5.02 Å². The van der Waals surface area contributed by atoms with Gasteiger partial charge in [0.2, 0.25) is 0 Å². The molecule has 0 saturated heterocycles. The monoisotopic (exact) mass is 468 g/mol. The van der Waals surface area contributed by atoms with Crippen LogP contribution in [-0.4, -0.2) is 16.5 Å². The maximum Gasteiger partial charge on any atom is 0.138 e. The first-order chi connectivity index (χ1) is 13.9. The van der Waals surface area contributed by atoms with Crippen molar-refractivity contribution in [2.45, 2.75) is 27.2 Å². The highest BCUT2D eigenvalue weighted by molar-refractivity contribution is 9.10. The molecule has 0 spiro atoms. The Hall–Kier alpha value is -2.30. The van der Waals surface area contributed by atoms with Gasteiger partial charge in [0.1, 0.15) is 11.4 Å². The fourth-order valence-corrected chi connectivity index (χ4v) is 4.18. The molecule has 0 aliphatic carbocycles. The molecule has 148 valence electrons. The van der Waals surface area contributed by atoms with Gasteiger partial charge in [0.25, 0.3) is 0 Å². The third-order valence-electron chi connectivity index (χ3n) is 5.37. The highest BCUT2D eigenvalue weighted by Gasteiger charge is 2.19. The normalized spacial score (nSPS) is 11.2. The van der Waals surface area contributed by atoms with E-state index in [0.717, 1.165) is 50.0 Å². The molecular weight excluding hydrogens is 448 g/mol. The highest BCUT2D eigenvalue weighted by atomic mass is 79.9. The van der Waals surface area contributed by atoms with Crippen molar-refractivity contribution in [2.75, 3.05) is 7.11 Å². The predicted octanol–water partition coefficient (Wildman–Crippen LogP) is 6.94. The first-order valence-corrected chi connectivity index (χ1v) is 10.6. The predicted molar refractivity (Wildman–Crippen MR) is 123 cm³/mol. The van der Waals surface area contributed by atoms with Gasteiger partial charge in [-0.15, -0.1) is 0 Å². The summed E-state index contributed by atoms with van der Waals surface area (Å²) in [4.78, 5) is 5.01. The van der Waals surface area contributed by atoms with Gasteiger partial charge in [0.05, 0.1) is 18.5 Å². The third-order valence-corrected chi connectivity index (χ3v) is 6.82. The van der Waals surface area contributed by atoms with E-state index in [1.165, 1.54) is 16.7 Å². The van der Waals surface area contributed by atoms with Crippen LogP contribution in [0.4, 0.5) is 0 Å². The number of methoxy groups -OCH3 is 1. The molecule has 4 rings (SSSR count). The van der Waals surface area contributed by atoms with Gasteiger partial charge in [0.15, 0.2) is 0 Å². The van der Waals surface area contributed by atoms with Crippen LogP contribution < -0.4 is 4.74 Å². The Bertz CT molecular complexity index is 1210. The average molecular weight is 470 g/mol. The number of hydrogen-bond acceptors (Lipinski definition) is 2. The molecule has 5 heteroatoms. The van der Waals surface area contributed by atoms with Gasteiger partial charge in [-0.3, -0.25) is 4.40 Å². The maximum atomic E-state index is 6.12. The van der Waals surface area contributed by atoms with Crippen molar-refractivity contribution in [3.8, 4) is 17.0 Å². The number of benzene rings is 2. The number of hydrogen-bond donors (Lipinski definition) is 0. The Kier molecular flexibility index (Phi) is 5.41. The Balaban J connectivity index is 1.95. The molecule has 0 unspecified atom stereocenters.